The molecule has 0 amide bonds. The molecule has 0 bridgehead atoms. The van der Waals surface area contributed by atoms with Crippen molar-refractivity contribution in [2.45, 2.75) is 24.8 Å². The van der Waals surface area contributed by atoms with Crippen LogP contribution in [0.3, 0.4) is 0 Å². The van der Waals surface area contributed by atoms with E-state index in [1.807, 2.05) is 24.5 Å². The molecule has 0 spiro atoms. The smallest absolute Gasteiger partial charge is 0.0559 e. The molecule has 18 heavy (non-hydrogen) atoms. The number of nitrogens with two attached hydrogens (primary N) is 1. The Morgan fingerprint density at radius 3 is 2.94 bits per heavy atom. The highest BCUT2D eigenvalue weighted by Gasteiger charge is 2.31. The van der Waals surface area contributed by atoms with E-state index in [-0.39, 0.29) is 6.04 Å². The highest BCUT2D eigenvalue weighted by atomic mass is 15.2. The number of rotatable bonds is 3. The molecule has 0 fully saturated rings. The van der Waals surface area contributed by atoms with Crippen molar-refractivity contribution in [2.75, 3.05) is 0 Å². The molecule has 0 saturated carbocycles. The fourth-order valence-corrected chi connectivity index (χ4v) is 2.77. The van der Waals surface area contributed by atoms with Gasteiger partial charge in [0.1, 0.15) is 0 Å². The van der Waals surface area contributed by atoms with Gasteiger partial charge in [-0.3, -0.25) is 21.2 Å². The van der Waals surface area contributed by atoms with E-state index in [4.69, 9.17) is 5.84 Å². The minimum atomic E-state index is 0.0786. The Hall–Kier alpha value is -1.78. The first-order valence-corrected chi connectivity index (χ1v) is 6.20. The van der Waals surface area contributed by atoms with Crippen LogP contribution in [0.25, 0.3) is 0 Å². The van der Waals surface area contributed by atoms with Gasteiger partial charge in [-0.25, -0.2) is 0 Å². The maximum absolute atomic E-state index is 5.74. The highest BCUT2D eigenvalue weighted by Crippen LogP contribution is 2.39. The van der Waals surface area contributed by atoms with Gasteiger partial charge in [-0.1, -0.05) is 12.1 Å². The minimum absolute atomic E-state index is 0.0786. The standard InChI is InChI=1S/C14H16N4/c15-18-14(11-4-1-7-16-9-11)12-6-5-10-3-2-8-17-13(10)12/h1-4,7-9,12,14,18H,5-6,15H2. The van der Waals surface area contributed by atoms with Crippen molar-refractivity contribution in [3.05, 3.63) is 59.7 Å². The number of fused-ring (bicyclic) bond motifs is 1. The quantitative estimate of drug-likeness (QED) is 0.633. The summed E-state index contributed by atoms with van der Waals surface area (Å²) in [5, 5.41) is 0. The topological polar surface area (TPSA) is 63.8 Å². The minimum Gasteiger partial charge on any atom is -0.271 e. The maximum atomic E-state index is 5.74. The summed E-state index contributed by atoms with van der Waals surface area (Å²) in [6, 6.07) is 8.22. The third kappa shape index (κ3) is 1.89. The van der Waals surface area contributed by atoms with Gasteiger partial charge in [0.2, 0.25) is 0 Å². The number of hydrogen-bond acceptors (Lipinski definition) is 4. The first-order chi connectivity index (χ1) is 8.90. The van der Waals surface area contributed by atoms with Crippen LogP contribution in [0.5, 0.6) is 0 Å². The molecule has 92 valence electrons. The van der Waals surface area contributed by atoms with Gasteiger partial charge in [-0.2, -0.15) is 0 Å². The Morgan fingerprint density at radius 1 is 1.28 bits per heavy atom. The number of aryl methyl sites for hydroxylation is 1. The third-order valence-corrected chi connectivity index (χ3v) is 3.63. The fourth-order valence-electron chi connectivity index (χ4n) is 2.77. The summed E-state index contributed by atoms with van der Waals surface area (Å²) in [6.07, 6.45) is 7.65. The van der Waals surface area contributed by atoms with Crippen molar-refractivity contribution in [3.63, 3.8) is 0 Å². The third-order valence-electron chi connectivity index (χ3n) is 3.63. The van der Waals surface area contributed by atoms with Crippen LogP contribution in [0.1, 0.15) is 35.2 Å². The average molecular weight is 240 g/mol. The Labute approximate surface area is 106 Å². The lowest BCUT2D eigenvalue weighted by molar-refractivity contribution is 0.446. The Balaban J connectivity index is 1.95. The zero-order valence-electron chi connectivity index (χ0n) is 10.1. The summed E-state index contributed by atoms with van der Waals surface area (Å²) in [5.41, 5.74) is 6.55. The molecule has 0 aromatic carbocycles. The normalized spacial score (nSPS) is 19.5. The van der Waals surface area contributed by atoms with Crippen molar-refractivity contribution in [1.82, 2.24) is 15.4 Å². The van der Waals surface area contributed by atoms with Crippen LogP contribution in [-0.4, -0.2) is 9.97 Å². The number of nitrogens with zero attached hydrogens (tertiary/aromatic N) is 2. The van der Waals surface area contributed by atoms with Crippen LogP contribution in [0.4, 0.5) is 0 Å². The number of aromatic nitrogens is 2. The van der Waals surface area contributed by atoms with Crippen molar-refractivity contribution >= 4 is 0 Å². The molecule has 0 radical (unpaired) electrons. The summed E-state index contributed by atoms with van der Waals surface area (Å²) < 4.78 is 0. The van der Waals surface area contributed by atoms with Crippen LogP contribution >= 0.6 is 0 Å². The van der Waals surface area contributed by atoms with E-state index >= 15 is 0 Å². The van der Waals surface area contributed by atoms with Gasteiger partial charge < -0.3 is 0 Å². The summed E-state index contributed by atoms with van der Waals surface area (Å²) >= 11 is 0. The predicted octanol–water partition coefficient (Wildman–Crippen LogP) is 1.71. The molecule has 3 N–H and O–H groups in total. The molecule has 1 aliphatic carbocycles. The Bertz CT molecular complexity index is 526. The van der Waals surface area contributed by atoms with E-state index < -0.39 is 0 Å². The van der Waals surface area contributed by atoms with Crippen molar-refractivity contribution in [3.8, 4) is 0 Å². The number of hydrazine groups is 1. The van der Waals surface area contributed by atoms with E-state index in [0.29, 0.717) is 5.92 Å². The monoisotopic (exact) mass is 240 g/mol. The molecule has 2 atom stereocenters. The van der Waals surface area contributed by atoms with Gasteiger partial charge in [0.15, 0.2) is 0 Å². The lowest BCUT2D eigenvalue weighted by Crippen LogP contribution is -2.32. The second-order valence-electron chi connectivity index (χ2n) is 4.62. The lowest BCUT2D eigenvalue weighted by atomic mass is 9.92. The Morgan fingerprint density at radius 2 is 2.17 bits per heavy atom. The molecular weight excluding hydrogens is 224 g/mol. The molecule has 0 aliphatic heterocycles. The molecule has 4 nitrogen and oxygen atoms in total. The van der Waals surface area contributed by atoms with Crippen LogP contribution in [-0.2, 0) is 6.42 Å². The first kappa shape index (κ1) is 11.3. The van der Waals surface area contributed by atoms with Crippen LogP contribution in [0.2, 0.25) is 0 Å². The number of nitrogens with one attached hydrogen (secondary N) is 1. The van der Waals surface area contributed by atoms with E-state index in [1.54, 1.807) is 6.20 Å². The fraction of sp³-hybridized carbons (Fsp3) is 0.286. The van der Waals surface area contributed by atoms with Gasteiger partial charge in [0, 0.05) is 30.2 Å². The van der Waals surface area contributed by atoms with Gasteiger partial charge >= 0.3 is 0 Å². The van der Waals surface area contributed by atoms with Crippen molar-refractivity contribution in [2.24, 2.45) is 5.84 Å². The molecule has 3 rings (SSSR count). The highest BCUT2D eigenvalue weighted by molar-refractivity contribution is 5.32. The van der Waals surface area contributed by atoms with Gasteiger partial charge in [0.05, 0.1) is 6.04 Å². The average Bonchev–Trinajstić information content (AvgIpc) is 2.85. The van der Waals surface area contributed by atoms with E-state index in [0.717, 1.165) is 18.4 Å². The summed E-state index contributed by atoms with van der Waals surface area (Å²) in [7, 11) is 0. The predicted molar refractivity (Wildman–Crippen MR) is 69.6 cm³/mol. The molecule has 0 saturated heterocycles. The molecule has 2 aromatic rings. The molecule has 4 heteroatoms. The second-order valence-corrected chi connectivity index (χ2v) is 4.62. The first-order valence-electron chi connectivity index (χ1n) is 6.20. The second kappa shape index (κ2) is 4.84. The van der Waals surface area contributed by atoms with Gasteiger partial charge in [-0.05, 0) is 36.1 Å². The summed E-state index contributed by atoms with van der Waals surface area (Å²) in [4.78, 5) is 8.68. The maximum Gasteiger partial charge on any atom is 0.0559 e. The molecule has 2 heterocycles. The molecular formula is C14H16N4. The van der Waals surface area contributed by atoms with E-state index in [1.165, 1.54) is 11.3 Å². The molecule has 2 unspecified atom stereocenters. The van der Waals surface area contributed by atoms with Crippen molar-refractivity contribution in [1.29, 1.82) is 0 Å². The SMILES string of the molecule is NNC(c1cccnc1)C1CCc2cccnc21. The van der Waals surface area contributed by atoms with Gasteiger partial charge in [-0.15, -0.1) is 0 Å². The van der Waals surface area contributed by atoms with Crippen LogP contribution in [0, 0.1) is 0 Å². The largest absolute Gasteiger partial charge is 0.271 e. The summed E-state index contributed by atoms with van der Waals surface area (Å²) in [5.74, 6) is 6.07. The molecule has 2 aromatic heterocycles. The Kier molecular flexibility index (Phi) is 3.04. The number of pyridine rings is 2. The lowest BCUT2D eigenvalue weighted by Gasteiger charge is -2.23. The summed E-state index contributed by atoms with van der Waals surface area (Å²) in [6.45, 7) is 0. The van der Waals surface area contributed by atoms with Crippen LogP contribution in [0.15, 0.2) is 42.9 Å². The zero-order chi connectivity index (χ0) is 12.4. The number of hydrogen-bond donors (Lipinski definition) is 2. The van der Waals surface area contributed by atoms with E-state index in [9.17, 15) is 0 Å². The van der Waals surface area contributed by atoms with Crippen molar-refractivity contribution < 1.29 is 0 Å². The van der Waals surface area contributed by atoms with Crippen LogP contribution < -0.4 is 11.3 Å². The molecule has 1 aliphatic rings. The zero-order valence-corrected chi connectivity index (χ0v) is 10.1. The van der Waals surface area contributed by atoms with Gasteiger partial charge in [0.25, 0.3) is 0 Å². The van der Waals surface area contributed by atoms with E-state index in [2.05, 4.69) is 27.5 Å².